The summed E-state index contributed by atoms with van der Waals surface area (Å²) in [6.45, 7) is 1.49. The predicted octanol–water partition coefficient (Wildman–Crippen LogP) is 4.28. The lowest BCUT2D eigenvalue weighted by Gasteiger charge is -2.06. The zero-order valence-corrected chi connectivity index (χ0v) is 15.2. The van der Waals surface area contributed by atoms with Crippen molar-refractivity contribution in [3.8, 4) is 0 Å². The molecule has 0 atom stereocenters. The molecule has 0 amide bonds. The minimum atomic E-state index is -3.28. The molecule has 0 saturated heterocycles. The maximum atomic E-state index is 12.2. The molecule has 0 bridgehead atoms. The molecule has 0 aromatic heterocycles. The summed E-state index contributed by atoms with van der Waals surface area (Å²) in [4.78, 5) is 13.3. The van der Waals surface area contributed by atoms with Crippen molar-refractivity contribution in [2.24, 2.45) is 0 Å². The Kier molecular flexibility index (Phi) is 6.74. The van der Waals surface area contributed by atoms with E-state index in [-0.39, 0.29) is 10.9 Å². The highest BCUT2D eigenvalue weighted by Crippen LogP contribution is 2.28. The van der Waals surface area contributed by atoms with Crippen molar-refractivity contribution in [3.63, 3.8) is 0 Å². The Hall–Kier alpha value is -1.24. The molecular weight excluding hydrogens is 348 g/mol. The van der Waals surface area contributed by atoms with Crippen molar-refractivity contribution in [1.82, 2.24) is 0 Å². The van der Waals surface area contributed by atoms with Crippen molar-refractivity contribution in [2.75, 3.05) is 11.5 Å². The van der Waals surface area contributed by atoms with Crippen LogP contribution in [-0.4, -0.2) is 25.0 Å². The van der Waals surface area contributed by atoms with Crippen LogP contribution in [0.4, 0.5) is 0 Å². The van der Waals surface area contributed by atoms with Crippen LogP contribution in [0.5, 0.6) is 0 Å². The lowest BCUT2D eigenvalue weighted by molar-refractivity contribution is -0.109. The molecule has 0 N–H and O–H groups in total. The molecule has 0 aliphatic carbocycles. The molecule has 0 aliphatic rings. The molecule has 122 valence electrons. The quantitative estimate of drug-likeness (QED) is 0.685. The average molecular weight is 367 g/mol. The van der Waals surface area contributed by atoms with Gasteiger partial charge in [0.05, 0.1) is 10.6 Å². The van der Waals surface area contributed by atoms with Crippen LogP contribution in [0.25, 0.3) is 0 Å². The summed E-state index contributed by atoms with van der Waals surface area (Å²) in [6, 6.07) is 16.9. The molecule has 0 fully saturated rings. The Bertz CT molecular complexity index is 738. The van der Waals surface area contributed by atoms with Crippen molar-refractivity contribution in [1.29, 1.82) is 0 Å². The van der Waals surface area contributed by atoms with E-state index in [9.17, 15) is 13.2 Å². The third-order valence-electron chi connectivity index (χ3n) is 3.02. The molecule has 0 spiro atoms. The van der Waals surface area contributed by atoms with Crippen LogP contribution < -0.4 is 0 Å². The predicted molar refractivity (Wildman–Crippen MR) is 96.8 cm³/mol. The van der Waals surface area contributed by atoms with Gasteiger partial charge in [-0.2, -0.15) is 0 Å². The largest absolute Gasteiger partial charge is 0.288 e. The van der Waals surface area contributed by atoms with E-state index in [1.807, 2.05) is 42.5 Å². The molecule has 0 aliphatic heterocycles. The monoisotopic (exact) mass is 366 g/mol. The second-order valence-corrected chi connectivity index (χ2v) is 9.43. The first-order chi connectivity index (χ1) is 11.0. The fraction of sp³-hybridized carbons (Fsp3) is 0.235. The third kappa shape index (κ3) is 6.05. The first kappa shape index (κ1) is 18.1. The Morgan fingerprint density at radius 2 is 1.57 bits per heavy atom. The van der Waals surface area contributed by atoms with E-state index in [0.717, 1.165) is 21.6 Å². The molecule has 2 rings (SSSR count). The van der Waals surface area contributed by atoms with Gasteiger partial charge in [-0.15, -0.1) is 0 Å². The van der Waals surface area contributed by atoms with Crippen LogP contribution in [-0.2, 0) is 14.6 Å². The minimum Gasteiger partial charge on any atom is -0.288 e. The molecule has 0 saturated carbocycles. The number of carbonyl (C=O) groups is 1. The van der Waals surface area contributed by atoms with Crippen LogP contribution in [0.3, 0.4) is 0 Å². The molecule has 0 heterocycles. The van der Waals surface area contributed by atoms with Gasteiger partial charge in [-0.1, -0.05) is 41.7 Å². The first-order valence-electron chi connectivity index (χ1n) is 7.16. The standard InChI is InChI=1S/C17H18O3S3/c1-14(18)21-12-5-13-23(19,20)17-10-8-16(9-11-17)22-15-6-3-2-4-7-15/h2-4,6-11H,5,12-13H2,1H3. The molecule has 2 aromatic carbocycles. The average Bonchev–Trinajstić information content (AvgIpc) is 2.53. The van der Waals surface area contributed by atoms with Crippen molar-refractivity contribution in [3.05, 3.63) is 54.6 Å². The minimum absolute atomic E-state index is 0.0182. The number of carbonyl (C=O) groups excluding carboxylic acids is 1. The van der Waals surface area contributed by atoms with Gasteiger partial charge in [0, 0.05) is 22.5 Å². The first-order valence-corrected chi connectivity index (χ1v) is 10.6. The highest BCUT2D eigenvalue weighted by atomic mass is 32.2. The van der Waals surface area contributed by atoms with Crippen molar-refractivity contribution < 1.29 is 13.2 Å². The van der Waals surface area contributed by atoms with Gasteiger partial charge in [0.25, 0.3) is 0 Å². The Morgan fingerprint density at radius 1 is 0.957 bits per heavy atom. The van der Waals surface area contributed by atoms with Crippen molar-refractivity contribution in [2.45, 2.75) is 28.0 Å². The summed E-state index contributed by atoms with van der Waals surface area (Å²) in [5.41, 5.74) is 0. The highest BCUT2D eigenvalue weighted by Gasteiger charge is 2.14. The van der Waals surface area contributed by atoms with Gasteiger partial charge >= 0.3 is 0 Å². The maximum Gasteiger partial charge on any atom is 0.185 e. The molecule has 0 unspecified atom stereocenters. The van der Waals surface area contributed by atoms with Gasteiger partial charge in [0.15, 0.2) is 15.0 Å². The summed E-state index contributed by atoms with van der Waals surface area (Å²) in [7, 11) is -3.28. The zero-order chi connectivity index (χ0) is 16.7. The topological polar surface area (TPSA) is 51.2 Å². The fourth-order valence-electron chi connectivity index (χ4n) is 1.92. The Balaban J connectivity index is 1.96. The van der Waals surface area contributed by atoms with Crippen LogP contribution in [0, 0.1) is 0 Å². The Labute approximate surface area is 145 Å². The lowest BCUT2D eigenvalue weighted by atomic mass is 10.4. The van der Waals surface area contributed by atoms with Gasteiger partial charge in [-0.05, 0) is 42.8 Å². The molecular formula is C17H18O3S3. The number of hydrogen-bond acceptors (Lipinski definition) is 5. The lowest BCUT2D eigenvalue weighted by Crippen LogP contribution is -2.07. The maximum absolute atomic E-state index is 12.2. The normalized spacial score (nSPS) is 11.3. The summed E-state index contributed by atoms with van der Waals surface area (Å²) in [6.07, 6.45) is 0.479. The third-order valence-corrected chi connectivity index (χ3v) is 6.76. The summed E-state index contributed by atoms with van der Waals surface area (Å²) < 4.78 is 24.5. The van der Waals surface area contributed by atoms with Crippen LogP contribution in [0.1, 0.15) is 13.3 Å². The van der Waals surface area contributed by atoms with Gasteiger partial charge in [0.1, 0.15) is 0 Å². The summed E-state index contributed by atoms with van der Waals surface area (Å²) >= 11 is 2.76. The number of rotatable bonds is 7. The van der Waals surface area contributed by atoms with Gasteiger partial charge in [-0.25, -0.2) is 8.42 Å². The number of thioether (sulfide) groups is 1. The molecule has 6 heteroatoms. The zero-order valence-electron chi connectivity index (χ0n) is 12.8. The smallest absolute Gasteiger partial charge is 0.185 e. The number of hydrogen-bond donors (Lipinski definition) is 0. The van der Waals surface area contributed by atoms with Crippen LogP contribution >= 0.6 is 23.5 Å². The highest BCUT2D eigenvalue weighted by molar-refractivity contribution is 8.13. The molecule has 0 radical (unpaired) electrons. The van der Waals surface area contributed by atoms with Crippen molar-refractivity contribution >= 4 is 38.5 Å². The van der Waals surface area contributed by atoms with E-state index in [1.165, 1.54) is 6.92 Å². The van der Waals surface area contributed by atoms with E-state index < -0.39 is 9.84 Å². The summed E-state index contributed by atoms with van der Waals surface area (Å²) in [5, 5.41) is 0.0182. The number of benzene rings is 2. The van der Waals surface area contributed by atoms with E-state index in [4.69, 9.17) is 0 Å². The molecule has 3 nitrogen and oxygen atoms in total. The van der Waals surface area contributed by atoms with Gasteiger partial charge < -0.3 is 0 Å². The Morgan fingerprint density at radius 3 is 2.17 bits per heavy atom. The van der Waals surface area contributed by atoms with Gasteiger partial charge in [-0.3, -0.25) is 4.79 Å². The summed E-state index contributed by atoms with van der Waals surface area (Å²) in [5.74, 6) is 0.606. The van der Waals surface area contributed by atoms with Crippen LogP contribution in [0.2, 0.25) is 0 Å². The van der Waals surface area contributed by atoms with Crippen LogP contribution in [0.15, 0.2) is 69.3 Å². The molecule has 2 aromatic rings. The van der Waals surface area contributed by atoms with E-state index in [0.29, 0.717) is 17.1 Å². The van der Waals surface area contributed by atoms with E-state index in [1.54, 1.807) is 23.9 Å². The SMILES string of the molecule is CC(=O)SCCCS(=O)(=O)c1ccc(Sc2ccccc2)cc1. The molecule has 23 heavy (non-hydrogen) atoms. The fourth-order valence-corrected chi connectivity index (χ4v) is 4.83. The van der Waals surface area contributed by atoms with E-state index >= 15 is 0 Å². The second kappa shape index (κ2) is 8.57. The number of sulfone groups is 1. The van der Waals surface area contributed by atoms with E-state index in [2.05, 4.69) is 0 Å². The van der Waals surface area contributed by atoms with Gasteiger partial charge in [0.2, 0.25) is 0 Å². The second-order valence-electron chi connectivity index (χ2n) is 4.90.